The summed E-state index contributed by atoms with van der Waals surface area (Å²) in [4.78, 5) is 18.1. The zero-order valence-electron chi connectivity index (χ0n) is 18.7. The van der Waals surface area contributed by atoms with Gasteiger partial charge in [0.1, 0.15) is 23.6 Å². The molecule has 1 aromatic carbocycles. The number of halogens is 1. The SMILES string of the molecule is CC(OC(=O)OC1CCCCC1)n1nc(C#N)c(-c2nc(-c3cccc(Cl)c3)oc2C2CC2)n1. The number of carbonyl (C=O) groups excluding carboxylic acids is 1. The van der Waals surface area contributed by atoms with E-state index in [9.17, 15) is 10.1 Å². The van der Waals surface area contributed by atoms with Crippen LogP contribution in [-0.2, 0) is 9.47 Å². The summed E-state index contributed by atoms with van der Waals surface area (Å²) in [5, 5.41) is 19.0. The lowest BCUT2D eigenvalue weighted by molar-refractivity contribution is -0.0326. The van der Waals surface area contributed by atoms with Gasteiger partial charge in [-0.3, -0.25) is 0 Å². The van der Waals surface area contributed by atoms with Crippen molar-refractivity contribution >= 4 is 17.8 Å². The number of benzene rings is 1. The van der Waals surface area contributed by atoms with Crippen molar-refractivity contribution in [3.63, 3.8) is 0 Å². The van der Waals surface area contributed by atoms with E-state index in [1.165, 1.54) is 4.80 Å². The van der Waals surface area contributed by atoms with E-state index in [-0.39, 0.29) is 23.4 Å². The third kappa shape index (κ3) is 4.77. The first kappa shape index (κ1) is 22.4. The highest BCUT2D eigenvalue weighted by atomic mass is 35.5. The van der Waals surface area contributed by atoms with Gasteiger partial charge in [0.25, 0.3) is 0 Å². The van der Waals surface area contributed by atoms with Crippen LogP contribution in [0.5, 0.6) is 0 Å². The lowest BCUT2D eigenvalue weighted by atomic mass is 9.98. The van der Waals surface area contributed by atoms with Gasteiger partial charge in [0, 0.05) is 16.5 Å². The normalized spacial score (nSPS) is 17.2. The molecule has 2 aliphatic rings. The second-order valence-electron chi connectivity index (χ2n) is 8.69. The second-order valence-corrected chi connectivity index (χ2v) is 9.13. The van der Waals surface area contributed by atoms with Gasteiger partial charge in [0.05, 0.1) is 0 Å². The van der Waals surface area contributed by atoms with E-state index < -0.39 is 12.4 Å². The molecule has 5 rings (SSSR count). The Labute approximate surface area is 201 Å². The first-order chi connectivity index (χ1) is 16.5. The third-order valence-corrected chi connectivity index (χ3v) is 6.27. The Morgan fingerprint density at radius 2 is 2.00 bits per heavy atom. The fourth-order valence-electron chi connectivity index (χ4n) is 4.12. The third-order valence-electron chi connectivity index (χ3n) is 6.04. The maximum Gasteiger partial charge on any atom is 0.510 e. The van der Waals surface area contributed by atoms with E-state index in [4.69, 9.17) is 25.5 Å². The van der Waals surface area contributed by atoms with Crippen LogP contribution in [0.25, 0.3) is 22.8 Å². The van der Waals surface area contributed by atoms with E-state index in [1.807, 2.05) is 12.1 Å². The smallest absolute Gasteiger partial charge is 0.440 e. The molecular weight excluding hydrogens is 458 g/mol. The Morgan fingerprint density at radius 1 is 1.21 bits per heavy atom. The minimum atomic E-state index is -0.861. The Bertz CT molecular complexity index is 1240. The predicted octanol–water partition coefficient (Wildman–Crippen LogP) is 6.01. The lowest BCUT2D eigenvalue weighted by Crippen LogP contribution is -2.24. The van der Waals surface area contributed by atoms with Crippen LogP contribution in [0.3, 0.4) is 0 Å². The summed E-state index contributed by atoms with van der Waals surface area (Å²) in [7, 11) is 0. The van der Waals surface area contributed by atoms with E-state index in [2.05, 4.69) is 21.3 Å². The van der Waals surface area contributed by atoms with E-state index in [0.717, 1.165) is 50.5 Å². The van der Waals surface area contributed by atoms with Gasteiger partial charge in [-0.2, -0.15) is 5.26 Å². The van der Waals surface area contributed by atoms with Crippen LogP contribution >= 0.6 is 11.6 Å². The number of carbonyl (C=O) groups is 1. The maximum absolute atomic E-state index is 12.2. The highest BCUT2D eigenvalue weighted by molar-refractivity contribution is 6.30. The van der Waals surface area contributed by atoms with Crippen molar-refractivity contribution in [3.05, 3.63) is 40.7 Å². The van der Waals surface area contributed by atoms with Crippen molar-refractivity contribution in [2.24, 2.45) is 0 Å². The summed E-state index contributed by atoms with van der Waals surface area (Å²) >= 11 is 6.13. The Hall–Kier alpha value is -3.38. The van der Waals surface area contributed by atoms with Gasteiger partial charge in [-0.05, 0) is 63.6 Å². The van der Waals surface area contributed by atoms with Crippen LogP contribution in [0.4, 0.5) is 4.79 Å². The van der Waals surface area contributed by atoms with Crippen molar-refractivity contribution in [3.8, 4) is 28.9 Å². The molecule has 2 aliphatic carbocycles. The molecule has 1 atom stereocenters. The summed E-state index contributed by atoms with van der Waals surface area (Å²) in [5.74, 6) is 1.29. The van der Waals surface area contributed by atoms with Crippen molar-refractivity contribution in [1.82, 2.24) is 20.0 Å². The number of oxazole rings is 1. The molecule has 0 bridgehead atoms. The fourth-order valence-corrected chi connectivity index (χ4v) is 4.31. The van der Waals surface area contributed by atoms with Gasteiger partial charge in [-0.15, -0.1) is 15.0 Å². The molecule has 176 valence electrons. The van der Waals surface area contributed by atoms with E-state index in [0.29, 0.717) is 22.4 Å². The molecule has 2 heterocycles. The van der Waals surface area contributed by atoms with Crippen LogP contribution in [0.15, 0.2) is 28.7 Å². The first-order valence-electron chi connectivity index (χ1n) is 11.5. The summed E-state index contributed by atoms with van der Waals surface area (Å²) < 4.78 is 16.9. The van der Waals surface area contributed by atoms with Gasteiger partial charge in [-0.25, -0.2) is 9.78 Å². The lowest BCUT2D eigenvalue weighted by Gasteiger charge is -2.22. The summed E-state index contributed by atoms with van der Waals surface area (Å²) in [5.41, 5.74) is 1.56. The molecule has 2 aromatic heterocycles. The van der Waals surface area contributed by atoms with E-state index >= 15 is 0 Å². The molecule has 0 N–H and O–H groups in total. The van der Waals surface area contributed by atoms with E-state index in [1.54, 1.807) is 19.1 Å². The molecular formula is C24H24ClN5O4. The molecule has 34 heavy (non-hydrogen) atoms. The quantitative estimate of drug-likeness (QED) is 0.393. The number of ether oxygens (including phenoxy) is 2. The molecule has 0 radical (unpaired) electrons. The summed E-state index contributed by atoms with van der Waals surface area (Å²) in [6, 6.07) is 9.28. The molecule has 9 nitrogen and oxygen atoms in total. The van der Waals surface area contributed by atoms with Crippen LogP contribution in [0.1, 0.15) is 75.5 Å². The Kier molecular flexibility index (Phi) is 6.24. The largest absolute Gasteiger partial charge is 0.510 e. The molecule has 2 fully saturated rings. The molecule has 0 amide bonds. The number of hydrogen-bond acceptors (Lipinski definition) is 8. The summed E-state index contributed by atoms with van der Waals surface area (Å²) in [6.45, 7) is 1.62. The average Bonchev–Trinajstić information content (AvgIpc) is 3.43. The summed E-state index contributed by atoms with van der Waals surface area (Å²) in [6.07, 6.45) is 5.13. The van der Waals surface area contributed by atoms with Gasteiger partial charge in [0.15, 0.2) is 11.4 Å². The fraction of sp³-hybridized carbons (Fsp3) is 0.458. The van der Waals surface area contributed by atoms with Crippen LogP contribution in [0, 0.1) is 11.3 Å². The van der Waals surface area contributed by atoms with Crippen LogP contribution < -0.4 is 0 Å². The minimum absolute atomic E-state index is 0.0731. The zero-order valence-corrected chi connectivity index (χ0v) is 19.5. The van der Waals surface area contributed by atoms with Crippen molar-refractivity contribution < 1.29 is 18.7 Å². The molecule has 0 saturated heterocycles. The highest BCUT2D eigenvalue weighted by Crippen LogP contribution is 2.46. The molecule has 10 heteroatoms. The molecule has 0 spiro atoms. The predicted molar refractivity (Wildman–Crippen MR) is 122 cm³/mol. The number of hydrogen-bond donors (Lipinski definition) is 0. The molecule has 2 saturated carbocycles. The average molecular weight is 482 g/mol. The van der Waals surface area contributed by atoms with Crippen molar-refractivity contribution in [2.45, 2.75) is 70.1 Å². The molecule has 3 aromatic rings. The van der Waals surface area contributed by atoms with Crippen molar-refractivity contribution in [2.75, 3.05) is 0 Å². The first-order valence-corrected chi connectivity index (χ1v) is 11.9. The van der Waals surface area contributed by atoms with Gasteiger partial charge in [-0.1, -0.05) is 24.1 Å². The highest BCUT2D eigenvalue weighted by Gasteiger charge is 2.35. The standard InChI is InChI=1S/C24H24ClN5O4/c1-14(32-24(31)33-18-8-3-2-4-9-18)30-28-19(13-26)20(29-30)21-22(15-10-11-15)34-23(27-21)16-6-5-7-17(25)12-16/h5-7,12,14-15,18H,2-4,8-11H2,1H3. The Balaban J connectivity index is 1.40. The van der Waals surface area contributed by atoms with Gasteiger partial charge >= 0.3 is 6.16 Å². The molecule has 0 aliphatic heterocycles. The Morgan fingerprint density at radius 3 is 2.71 bits per heavy atom. The number of rotatable bonds is 6. The minimum Gasteiger partial charge on any atom is -0.440 e. The van der Waals surface area contributed by atoms with Gasteiger partial charge < -0.3 is 13.9 Å². The monoisotopic (exact) mass is 481 g/mol. The maximum atomic E-state index is 12.2. The second kappa shape index (κ2) is 9.47. The zero-order chi connectivity index (χ0) is 23.7. The molecule has 1 unspecified atom stereocenters. The van der Waals surface area contributed by atoms with Gasteiger partial charge in [0.2, 0.25) is 12.1 Å². The number of nitrogens with zero attached hydrogens (tertiary/aromatic N) is 5. The number of aromatic nitrogens is 4. The van der Waals surface area contributed by atoms with Crippen molar-refractivity contribution in [1.29, 1.82) is 5.26 Å². The number of nitriles is 1. The van der Waals surface area contributed by atoms with Crippen LogP contribution in [0.2, 0.25) is 5.02 Å². The topological polar surface area (TPSA) is 116 Å². The van der Waals surface area contributed by atoms with Crippen LogP contribution in [-0.4, -0.2) is 32.2 Å².